The number of piperidine rings is 1. The van der Waals surface area contributed by atoms with Crippen LogP contribution in [-0.4, -0.2) is 41.9 Å². The lowest BCUT2D eigenvalue weighted by Crippen LogP contribution is -2.39. The highest BCUT2D eigenvalue weighted by Gasteiger charge is 2.33. The van der Waals surface area contributed by atoms with E-state index in [0.717, 1.165) is 24.0 Å². The van der Waals surface area contributed by atoms with E-state index in [9.17, 15) is 13.2 Å². The van der Waals surface area contributed by atoms with Crippen molar-refractivity contribution < 1.29 is 13.2 Å². The van der Waals surface area contributed by atoms with E-state index in [2.05, 4.69) is 29.4 Å². The molecule has 0 unspecified atom stereocenters. The SMILES string of the molecule is Cc1ccc(NC(=O)c2nnc([C@@H]3CCCN(S(=O)(=O)c4ccc(C(C)C)cc4)C3)s2)cc1. The monoisotopic (exact) mass is 484 g/mol. The molecule has 1 amide bonds. The quantitative estimate of drug-likeness (QED) is 0.543. The van der Waals surface area contributed by atoms with Gasteiger partial charge in [-0.2, -0.15) is 4.31 Å². The van der Waals surface area contributed by atoms with Crippen molar-refractivity contribution in [3.63, 3.8) is 0 Å². The lowest BCUT2D eigenvalue weighted by atomic mass is 10.0. The molecule has 2 heterocycles. The average molecular weight is 485 g/mol. The van der Waals surface area contributed by atoms with Gasteiger partial charge in [-0.15, -0.1) is 10.2 Å². The summed E-state index contributed by atoms with van der Waals surface area (Å²) >= 11 is 1.23. The zero-order valence-corrected chi connectivity index (χ0v) is 20.6. The number of hydrogen-bond donors (Lipinski definition) is 1. The summed E-state index contributed by atoms with van der Waals surface area (Å²) in [5, 5.41) is 12.1. The molecule has 1 aliphatic rings. The Morgan fingerprint density at radius 2 is 1.79 bits per heavy atom. The Balaban J connectivity index is 1.45. The number of aromatic nitrogens is 2. The van der Waals surface area contributed by atoms with E-state index in [1.807, 2.05) is 43.3 Å². The fraction of sp³-hybridized carbons (Fsp3) is 0.375. The number of carbonyl (C=O) groups is 1. The molecule has 4 rings (SSSR count). The first kappa shape index (κ1) is 23.5. The van der Waals surface area contributed by atoms with E-state index in [-0.39, 0.29) is 16.8 Å². The number of aryl methyl sites for hydroxylation is 1. The van der Waals surface area contributed by atoms with Crippen LogP contribution in [0.5, 0.6) is 0 Å². The average Bonchev–Trinajstić information content (AvgIpc) is 3.31. The molecule has 7 nitrogen and oxygen atoms in total. The van der Waals surface area contributed by atoms with Crippen LogP contribution in [0.25, 0.3) is 0 Å². The van der Waals surface area contributed by atoms with E-state index in [4.69, 9.17) is 0 Å². The highest BCUT2D eigenvalue weighted by molar-refractivity contribution is 7.89. The maximum atomic E-state index is 13.2. The van der Waals surface area contributed by atoms with Crippen LogP contribution in [0.1, 0.15) is 64.5 Å². The zero-order chi connectivity index (χ0) is 23.6. The van der Waals surface area contributed by atoms with E-state index < -0.39 is 10.0 Å². The first-order valence-corrected chi connectivity index (χ1v) is 13.3. The molecule has 1 fully saturated rings. The smallest absolute Gasteiger partial charge is 0.286 e. The predicted octanol–water partition coefficient (Wildman–Crippen LogP) is 4.79. The highest BCUT2D eigenvalue weighted by atomic mass is 32.2. The summed E-state index contributed by atoms with van der Waals surface area (Å²) in [5.41, 5.74) is 2.91. The molecular weight excluding hydrogens is 456 g/mol. The topological polar surface area (TPSA) is 92.3 Å². The van der Waals surface area contributed by atoms with Gasteiger partial charge in [0.25, 0.3) is 5.91 Å². The summed E-state index contributed by atoms with van der Waals surface area (Å²) < 4.78 is 28.0. The van der Waals surface area contributed by atoms with Gasteiger partial charge in [0.2, 0.25) is 15.0 Å². The zero-order valence-electron chi connectivity index (χ0n) is 19.0. The van der Waals surface area contributed by atoms with Crippen LogP contribution >= 0.6 is 11.3 Å². The molecule has 0 radical (unpaired) electrons. The Hall–Kier alpha value is -2.62. The molecule has 1 aromatic heterocycles. The summed E-state index contributed by atoms with van der Waals surface area (Å²) in [4.78, 5) is 12.9. The molecular formula is C24H28N4O3S2. The number of amides is 1. The molecule has 0 aliphatic carbocycles. The summed E-state index contributed by atoms with van der Waals surface area (Å²) in [7, 11) is -3.59. The number of nitrogens with one attached hydrogen (secondary N) is 1. The number of hydrogen-bond acceptors (Lipinski definition) is 6. The van der Waals surface area contributed by atoms with Crippen molar-refractivity contribution in [3.8, 4) is 0 Å². The minimum atomic E-state index is -3.59. The van der Waals surface area contributed by atoms with Gasteiger partial charge in [0.05, 0.1) is 4.90 Å². The Morgan fingerprint density at radius 3 is 2.45 bits per heavy atom. The molecule has 174 valence electrons. The van der Waals surface area contributed by atoms with Gasteiger partial charge in [-0.05, 0) is 55.5 Å². The van der Waals surface area contributed by atoms with Crippen molar-refractivity contribution in [2.45, 2.75) is 50.3 Å². The molecule has 9 heteroatoms. The van der Waals surface area contributed by atoms with Gasteiger partial charge < -0.3 is 5.32 Å². The standard InChI is InChI=1S/C24H28N4O3S2/c1-16(2)18-8-12-21(13-9-18)33(30,31)28-14-4-5-19(15-28)23-26-27-24(32-23)22(29)25-20-10-6-17(3)7-11-20/h6-13,16,19H,4-5,14-15H2,1-3H3,(H,25,29)/t19-/m1/s1. The van der Waals surface area contributed by atoms with Crippen LogP contribution in [0.4, 0.5) is 5.69 Å². The van der Waals surface area contributed by atoms with Crippen molar-refractivity contribution in [2.24, 2.45) is 0 Å². The predicted molar refractivity (Wildman–Crippen MR) is 130 cm³/mol. The maximum Gasteiger partial charge on any atom is 0.286 e. The Morgan fingerprint density at radius 1 is 1.09 bits per heavy atom. The normalized spacial score (nSPS) is 17.3. The number of rotatable bonds is 6. The number of benzene rings is 2. The first-order valence-electron chi connectivity index (χ1n) is 11.1. The second kappa shape index (κ2) is 9.70. The van der Waals surface area contributed by atoms with Crippen LogP contribution < -0.4 is 5.32 Å². The van der Waals surface area contributed by atoms with E-state index in [1.165, 1.54) is 15.6 Å². The summed E-state index contributed by atoms with van der Waals surface area (Å²) in [6.45, 7) is 6.95. The van der Waals surface area contributed by atoms with Crippen molar-refractivity contribution >= 4 is 33.0 Å². The van der Waals surface area contributed by atoms with E-state index in [0.29, 0.717) is 34.6 Å². The van der Waals surface area contributed by atoms with Crippen LogP contribution in [0.3, 0.4) is 0 Å². The Kier molecular flexibility index (Phi) is 6.92. The number of anilines is 1. The molecule has 2 aromatic carbocycles. The third-order valence-corrected chi connectivity index (χ3v) is 8.83. The maximum absolute atomic E-state index is 13.2. The minimum absolute atomic E-state index is 0.0816. The molecule has 33 heavy (non-hydrogen) atoms. The summed E-state index contributed by atoms with van der Waals surface area (Å²) in [6.07, 6.45) is 1.55. The van der Waals surface area contributed by atoms with Gasteiger partial charge in [0.15, 0.2) is 0 Å². The Bertz CT molecular complexity index is 1220. The Labute approximate surface area is 198 Å². The van der Waals surface area contributed by atoms with Crippen molar-refractivity contribution in [1.29, 1.82) is 0 Å². The number of nitrogens with zero attached hydrogens (tertiary/aromatic N) is 3. The van der Waals surface area contributed by atoms with E-state index >= 15 is 0 Å². The third kappa shape index (κ3) is 5.31. The second-order valence-corrected chi connectivity index (χ2v) is 11.6. The van der Waals surface area contributed by atoms with Crippen LogP contribution in [0, 0.1) is 6.92 Å². The second-order valence-electron chi connectivity index (χ2n) is 8.69. The van der Waals surface area contributed by atoms with Gasteiger partial charge in [0, 0.05) is 24.7 Å². The van der Waals surface area contributed by atoms with Gasteiger partial charge in [-0.3, -0.25) is 4.79 Å². The lowest BCUT2D eigenvalue weighted by molar-refractivity contribution is 0.102. The molecule has 0 spiro atoms. The fourth-order valence-corrected chi connectivity index (χ4v) is 6.24. The van der Waals surface area contributed by atoms with Crippen LogP contribution in [-0.2, 0) is 10.0 Å². The molecule has 0 saturated carbocycles. The summed E-state index contributed by atoms with van der Waals surface area (Å²) in [6, 6.07) is 14.7. The highest BCUT2D eigenvalue weighted by Crippen LogP contribution is 2.32. The third-order valence-electron chi connectivity index (χ3n) is 5.86. The van der Waals surface area contributed by atoms with Gasteiger partial charge in [-0.1, -0.05) is 55.0 Å². The van der Waals surface area contributed by atoms with E-state index in [1.54, 1.807) is 12.1 Å². The van der Waals surface area contributed by atoms with Gasteiger partial charge in [-0.25, -0.2) is 8.42 Å². The fourth-order valence-electron chi connectivity index (χ4n) is 3.85. The lowest BCUT2D eigenvalue weighted by Gasteiger charge is -2.30. The van der Waals surface area contributed by atoms with Gasteiger partial charge >= 0.3 is 0 Å². The van der Waals surface area contributed by atoms with Gasteiger partial charge in [0.1, 0.15) is 5.01 Å². The molecule has 0 bridgehead atoms. The number of sulfonamides is 1. The molecule has 1 aliphatic heterocycles. The first-order chi connectivity index (χ1) is 15.7. The molecule has 1 N–H and O–H groups in total. The molecule has 3 aromatic rings. The minimum Gasteiger partial charge on any atom is -0.320 e. The largest absolute Gasteiger partial charge is 0.320 e. The molecule has 1 saturated heterocycles. The molecule has 1 atom stereocenters. The van der Waals surface area contributed by atoms with Crippen molar-refractivity contribution in [2.75, 3.05) is 18.4 Å². The number of carbonyl (C=O) groups excluding carboxylic acids is 1. The van der Waals surface area contributed by atoms with Crippen LogP contribution in [0.2, 0.25) is 0 Å². The van der Waals surface area contributed by atoms with Crippen molar-refractivity contribution in [3.05, 3.63) is 69.7 Å². The summed E-state index contributed by atoms with van der Waals surface area (Å²) in [5.74, 6) is -0.0500. The van der Waals surface area contributed by atoms with Crippen LogP contribution in [0.15, 0.2) is 53.4 Å². The van der Waals surface area contributed by atoms with Crippen molar-refractivity contribution in [1.82, 2.24) is 14.5 Å².